The molecule has 0 aliphatic carbocycles. The van der Waals surface area contributed by atoms with Gasteiger partial charge in [-0.2, -0.15) is 15.1 Å². The van der Waals surface area contributed by atoms with Crippen molar-refractivity contribution in [2.24, 2.45) is 16.0 Å². The predicted octanol–water partition coefficient (Wildman–Crippen LogP) is 6.07. The summed E-state index contributed by atoms with van der Waals surface area (Å²) in [5.74, 6) is 0.0268. The smallest absolute Gasteiger partial charge is 0.283 e. The molecule has 160 valence electrons. The Morgan fingerprint density at radius 1 is 1.26 bits per heavy atom. The van der Waals surface area contributed by atoms with Gasteiger partial charge in [0.05, 0.1) is 21.3 Å². The lowest BCUT2D eigenvalue weighted by Crippen LogP contribution is -2.35. The van der Waals surface area contributed by atoms with Gasteiger partial charge < -0.3 is 4.57 Å². The fraction of sp³-hybridized carbons (Fsp3) is 0.273. The first kappa shape index (κ1) is 21.9. The lowest BCUT2D eigenvalue weighted by atomic mass is 10.1. The Kier molecular flexibility index (Phi) is 5.85. The first-order chi connectivity index (χ1) is 14.7. The Morgan fingerprint density at radius 3 is 2.71 bits per heavy atom. The van der Waals surface area contributed by atoms with Gasteiger partial charge >= 0.3 is 0 Å². The number of benzene rings is 1. The van der Waals surface area contributed by atoms with Crippen LogP contribution in [-0.4, -0.2) is 31.5 Å². The van der Waals surface area contributed by atoms with Crippen molar-refractivity contribution in [1.29, 1.82) is 5.41 Å². The SMILES string of the molecule is Cc1cc(C=C2C(=N)N3N=C(CC(C)C)SC3=NC2=O)c(C)n1-c1cccc(Cl)c1Cl. The molecule has 3 heterocycles. The minimum atomic E-state index is -0.435. The summed E-state index contributed by atoms with van der Waals surface area (Å²) in [5.41, 5.74) is 3.58. The second kappa shape index (κ2) is 8.30. The van der Waals surface area contributed by atoms with Gasteiger partial charge in [-0.3, -0.25) is 10.2 Å². The van der Waals surface area contributed by atoms with Crippen molar-refractivity contribution >= 4 is 63.0 Å². The van der Waals surface area contributed by atoms with E-state index in [1.807, 2.05) is 36.6 Å². The number of halogens is 2. The lowest BCUT2D eigenvalue weighted by molar-refractivity contribution is -0.114. The van der Waals surface area contributed by atoms with Crippen molar-refractivity contribution in [3.05, 3.63) is 56.8 Å². The summed E-state index contributed by atoms with van der Waals surface area (Å²) in [6.45, 7) is 8.10. The third kappa shape index (κ3) is 3.97. The molecule has 0 bridgehead atoms. The second-order valence-electron chi connectivity index (χ2n) is 7.85. The molecule has 2 aliphatic heterocycles. The van der Waals surface area contributed by atoms with Gasteiger partial charge in [-0.05, 0) is 61.4 Å². The zero-order valence-electron chi connectivity index (χ0n) is 17.5. The highest BCUT2D eigenvalue weighted by atomic mass is 35.5. The van der Waals surface area contributed by atoms with Crippen molar-refractivity contribution < 1.29 is 4.79 Å². The number of amidine groups is 2. The monoisotopic (exact) mass is 473 g/mol. The molecule has 31 heavy (non-hydrogen) atoms. The highest BCUT2D eigenvalue weighted by molar-refractivity contribution is 8.26. The van der Waals surface area contributed by atoms with Crippen molar-refractivity contribution in [1.82, 2.24) is 9.58 Å². The molecule has 2 aliphatic rings. The number of aryl methyl sites for hydroxylation is 1. The molecule has 1 amide bonds. The number of fused-ring (bicyclic) bond motifs is 1. The largest absolute Gasteiger partial charge is 0.316 e. The number of nitrogens with one attached hydrogen (secondary N) is 1. The van der Waals surface area contributed by atoms with Crippen molar-refractivity contribution in [3.8, 4) is 5.69 Å². The molecule has 1 N–H and O–H groups in total. The molecule has 0 spiro atoms. The Balaban J connectivity index is 1.73. The minimum Gasteiger partial charge on any atom is -0.316 e. The van der Waals surface area contributed by atoms with Gasteiger partial charge in [0.1, 0.15) is 5.04 Å². The number of thioether (sulfide) groups is 1. The number of amides is 1. The van der Waals surface area contributed by atoms with Crippen LogP contribution in [0.5, 0.6) is 0 Å². The van der Waals surface area contributed by atoms with E-state index in [0.717, 1.165) is 34.1 Å². The maximum Gasteiger partial charge on any atom is 0.283 e. The highest BCUT2D eigenvalue weighted by Gasteiger charge is 2.35. The second-order valence-corrected chi connectivity index (χ2v) is 9.67. The van der Waals surface area contributed by atoms with Crippen LogP contribution in [0.3, 0.4) is 0 Å². The van der Waals surface area contributed by atoms with Gasteiger partial charge in [0.25, 0.3) is 5.91 Å². The average molecular weight is 474 g/mol. The molecule has 0 saturated heterocycles. The summed E-state index contributed by atoms with van der Waals surface area (Å²) in [6, 6.07) is 7.42. The molecule has 6 nitrogen and oxygen atoms in total. The van der Waals surface area contributed by atoms with Crippen LogP contribution >= 0.6 is 35.0 Å². The van der Waals surface area contributed by atoms with Gasteiger partial charge in [0.2, 0.25) is 5.17 Å². The minimum absolute atomic E-state index is 0.0341. The number of aromatic nitrogens is 1. The number of hydrogen-bond donors (Lipinski definition) is 1. The van der Waals surface area contributed by atoms with Crippen LogP contribution < -0.4 is 0 Å². The zero-order chi connectivity index (χ0) is 22.4. The topological polar surface area (TPSA) is 73.8 Å². The fourth-order valence-corrected chi connectivity index (χ4v) is 5.07. The van der Waals surface area contributed by atoms with E-state index in [1.54, 1.807) is 12.1 Å². The Bertz CT molecular complexity index is 1210. The van der Waals surface area contributed by atoms with Gasteiger partial charge in [-0.1, -0.05) is 43.1 Å². The Hall–Kier alpha value is -2.35. The lowest BCUT2D eigenvalue weighted by Gasteiger charge is -2.20. The van der Waals surface area contributed by atoms with E-state index in [1.165, 1.54) is 16.8 Å². The average Bonchev–Trinajstić information content (AvgIpc) is 3.21. The van der Waals surface area contributed by atoms with Crippen LogP contribution in [0.2, 0.25) is 10.0 Å². The van der Waals surface area contributed by atoms with Gasteiger partial charge in [0.15, 0.2) is 5.84 Å². The van der Waals surface area contributed by atoms with Crippen molar-refractivity contribution in [3.63, 3.8) is 0 Å². The van der Waals surface area contributed by atoms with Crippen LogP contribution in [-0.2, 0) is 4.79 Å². The van der Waals surface area contributed by atoms with Crippen molar-refractivity contribution in [2.45, 2.75) is 34.1 Å². The maximum atomic E-state index is 12.7. The van der Waals surface area contributed by atoms with E-state index >= 15 is 0 Å². The quantitative estimate of drug-likeness (QED) is 0.547. The van der Waals surface area contributed by atoms with Gasteiger partial charge in [-0.15, -0.1) is 0 Å². The van der Waals surface area contributed by atoms with E-state index in [-0.39, 0.29) is 11.4 Å². The van der Waals surface area contributed by atoms with Gasteiger partial charge in [0, 0.05) is 17.8 Å². The molecule has 0 fully saturated rings. The summed E-state index contributed by atoms with van der Waals surface area (Å²) in [7, 11) is 0. The number of hydrazone groups is 1. The molecule has 1 aromatic heterocycles. The van der Waals surface area contributed by atoms with Crippen LogP contribution in [0.25, 0.3) is 11.8 Å². The number of hydrogen-bond acceptors (Lipinski definition) is 4. The molecule has 2 aromatic rings. The van der Waals surface area contributed by atoms with E-state index < -0.39 is 5.91 Å². The van der Waals surface area contributed by atoms with Crippen LogP contribution in [0.4, 0.5) is 0 Å². The molecule has 1 aromatic carbocycles. The molecule has 0 unspecified atom stereocenters. The van der Waals surface area contributed by atoms with Crippen LogP contribution in [0.1, 0.15) is 37.2 Å². The third-order valence-corrected chi connectivity index (χ3v) is 6.76. The Morgan fingerprint density at radius 2 is 2.00 bits per heavy atom. The normalized spacial score (nSPS) is 17.5. The van der Waals surface area contributed by atoms with E-state index in [2.05, 4.69) is 23.9 Å². The molecule has 0 atom stereocenters. The number of carbonyl (C=O) groups is 1. The highest BCUT2D eigenvalue weighted by Crippen LogP contribution is 2.34. The molecule has 9 heteroatoms. The van der Waals surface area contributed by atoms with Crippen molar-refractivity contribution in [2.75, 3.05) is 0 Å². The van der Waals surface area contributed by atoms with Gasteiger partial charge in [-0.25, -0.2) is 0 Å². The number of nitrogens with zero attached hydrogens (tertiary/aromatic N) is 4. The molecular weight excluding hydrogens is 453 g/mol. The van der Waals surface area contributed by atoms with Crippen LogP contribution in [0.15, 0.2) is 39.9 Å². The number of aliphatic imine (C=N–C) groups is 1. The standard InChI is InChI=1S/C22H21Cl2N5OS/c1-11(2)8-18-27-29-20(25)15(21(30)26-22(29)31-18)10-14-9-12(3)28(13(14)4)17-7-5-6-16(23)19(17)24/h5-7,9-11,25H,8H2,1-4H3. The molecular formula is C22H21Cl2N5OS. The Labute approximate surface area is 195 Å². The summed E-state index contributed by atoms with van der Waals surface area (Å²) in [5, 5.41) is 16.8. The fourth-order valence-electron chi connectivity index (χ4n) is 3.59. The van der Waals surface area contributed by atoms with Crippen LogP contribution in [0, 0.1) is 25.2 Å². The number of carbonyl (C=O) groups excluding carboxylic acids is 1. The van der Waals surface area contributed by atoms with E-state index in [9.17, 15) is 4.79 Å². The molecule has 0 radical (unpaired) electrons. The first-order valence-electron chi connectivity index (χ1n) is 9.79. The predicted molar refractivity (Wildman–Crippen MR) is 130 cm³/mol. The maximum absolute atomic E-state index is 12.7. The summed E-state index contributed by atoms with van der Waals surface area (Å²) in [4.78, 5) is 16.9. The summed E-state index contributed by atoms with van der Waals surface area (Å²) < 4.78 is 1.98. The summed E-state index contributed by atoms with van der Waals surface area (Å²) in [6.07, 6.45) is 2.48. The summed E-state index contributed by atoms with van der Waals surface area (Å²) >= 11 is 14.0. The zero-order valence-corrected chi connectivity index (χ0v) is 19.9. The first-order valence-corrected chi connectivity index (χ1v) is 11.4. The third-order valence-electron chi connectivity index (χ3n) is 5.02. The molecule has 0 saturated carbocycles. The molecule has 4 rings (SSSR count). The van der Waals surface area contributed by atoms with E-state index in [0.29, 0.717) is 21.1 Å². The number of rotatable bonds is 4. The van der Waals surface area contributed by atoms with E-state index in [4.69, 9.17) is 28.6 Å².